The number of aromatic amines is 1. The Morgan fingerprint density at radius 2 is 2.00 bits per heavy atom. The summed E-state index contributed by atoms with van der Waals surface area (Å²) >= 11 is 0. The van der Waals surface area contributed by atoms with Gasteiger partial charge in [0.1, 0.15) is 0 Å². The number of nitrogens with one attached hydrogen (secondary N) is 2. The summed E-state index contributed by atoms with van der Waals surface area (Å²) in [5, 5.41) is 2.86. The largest absolute Gasteiger partial charge is 0.365 e. The number of para-hydroxylation sites is 1. The highest BCUT2D eigenvalue weighted by atomic mass is 16.1. The molecule has 2 N–H and O–H groups in total. The minimum atomic E-state index is -0.0160. The van der Waals surface area contributed by atoms with Crippen LogP contribution in [0, 0.1) is 0 Å². The normalized spacial score (nSPS) is 16.0. The molecule has 0 bridgehead atoms. The second kappa shape index (κ2) is 3.94. The van der Waals surface area contributed by atoms with Crippen LogP contribution in [-0.4, -0.2) is 10.9 Å². The third-order valence-electron chi connectivity index (χ3n) is 2.90. The molecule has 17 heavy (non-hydrogen) atoms. The number of anilines is 1. The van der Waals surface area contributed by atoms with Crippen LogP contribution in [-0.2, 0) is 11.2 Å². The van der Waals surface area contributed by atoms with Gasteiger partial charge in [0.2, 0.25) is 0 Å². The molecule has 1 aliphatic rings. The quantitative estimate of drug-likeness (QED) is 0.757. The number of aromatic nitrogens is 1. The van der Waals surface area contributed by atoms with Crippen molar-refractivity contribution in [3.8, 4) is 0 Å². The molecule has 0 unspecified atom stereocenters. The van der Waals surface area contributed by atoms with Gasteiger partial charge in [-0.3, -0.25) is 4.79 Å². The van der Waals surface area contributed by atoms with Crippen molar-refractivity contribution in [1.29, 1.82) is 0 Å². The van der Waals surface area contributed by atoms with Gasteiger partial charge >= 0.3 is 0 Å². The van der Waals surface area contributed by atoms with Crippen molar-refractivity contribution in [2.45, 2.75) is 6.42 Å². The third kappa shape index (κ3) is 1.76. The van der Waals surface area contributed by atoms with Crippen LogP contribution >= 0.6 is 0 Å². The lowest BCUT2D eigenvalue weighted by molar-refractivity contribution is -0.110. The van der Waals surface area contributed by atoms with E-state index in [0.717, 1.165) is 28.9 Å². The average molecular weight is 224 g/mol. The fourth-order valence-corrected chi connectivity index (χ4v) is 2.05. The number of benzene rings is 1. The molecule has 1 aromatic carbocycles. The Hall–Kier alpha value is -2.29. The first-order chi connectivity index (χ1) is 8.34. The van der Waals surface area contributed by atoms with E-state index in [1.165, 1.54) is 0 Å². The predicted octanol–water partition coefficient (Wildman–Crippen LogP) is 2.59. The van der Waals surface area contributed by atoms with Gasteiger partial charge in [0.05, 0.1) is 0 Å². The summed E-state index contributed by atoms with van der Waals surface area (Å²) in [7, 11) is 0. The van der Waals surface area contributed by atoms with Crippen LogP contribution in [0.5, 0.6) is 0 Å². The van der Waals surface area contributed by atoms with Gasteiger partial charge in [-0.15, -0.1) is 0 Å². The van der Waals surface area contributed by atoms with Crippen LogP contribution in [0.15, 0.2) is 48.7 Å². The van der Waals surface area contributed by atoms with Crippen LogP contribution in [0.1, 0.15) is 11.3 Å². The first-order valence-corrected chi connectivity index (χ1v) is 5.58. The molecule has 0 radical (unpaired) electrons. The minimum Gasteiger partial charge on any atom is -0.365 e. The fourth-order valence-electron chi connectivity index (χ4n) is 2.05. The van der Waals surface area contributed by atoms with E-state index in [-0.39, 0.29) is 5.91 Å². The van der Waals surface area contributed by atoms with Crippen molar-refractivity contribution >= 4 is 17.2 Å². The van der Waals surface area contributed by atoms with Gasteiger partial charge in [0.25, 0.3) is 5.91 Å². The second-order valence-electron chi connectivity index (χ2n) is 4.02. The summed E-state index contributed by atoms with van der Waals surface area (Å²) in [4.78, 5) is 14.9. The average Bonchev–Trinajstić information content (AvgIpc) is 2.93. The maximum absolute atomic E-state index is 11.8. The minimum absolute atomic E-state index is 0.0160. The number of rotatable bonds is 2. The summed E-state index contributed by atoms with van der Waals surface area (Å²) in [6, 6.07) is 11.7. The molecule has 0 aliphatic carbocycles. The molecule has 84 valence electrons. The Morgan fingerprint density at radius 1 is 1.12 bits per heavy atom. The van der Waals surface area contributed by atoms with Crippen molar-refractivity contribution < 1.29 is 4.79 Å². The lowest BCUT2D eigenvalue weighted by Crippen LogP contribution is -2.03. The molecule has 1 amide bonds. The zero-order chi connectivity index (χ0) is 11.7. The molecule has 0 spiro atoms. The first-order valence-electron chi connectivity index (χ1n) is 5.58. The summed E-state index contributed by atoms with van der Waals surface area (Å²) in [6.45, 7) is 0. The van der Waals surface area contributed by atoms with E-state index in [4.69, 9.17) is 0 Å². The van der Waals surface area contributed by atoms with Gasteiger partial charge in [0.15, 0.2) is 0 Å². The molecule has 2 heterocycles. The number of allylic oxidation sites excluding steroid dienone is 1. The molecule has 0 fully saturated rings. The fraction of sp³-hybridized carbons (Fsp3) is 0.0714. The molecule has 3 nitrogen and oxygen atoms in total. The zero-order valence-corrected chi connectivity index (χ0v) is 9.23. The Labute approximate surface area is 99.2 Å². The van der Waals surface area contributed by atoms with Crippen molar-refractivity contribution in [2.24, 2.45) is 0 Å². The van der Waals surface area contributed by atoms with E-state index in [9.17, 15) is 4.79 Å². The number of H-pyrrole nitrogens is 1. The van der Waals surface area contributed by atoms with Crippen molar-refractivity contribution in [3.63, 3.8) is 0 Å². The van der Waals surface area contributed by atoms with Gasteiger partial charge < -0.3 is 10.3 Å². The third-order valence-corrected chi connectivity index (χ3v) is 2.90. The predicted molar refractivity (Wildman–Crippen MR) is 67.5 cm³/mol. The standard InChI is InChI=1S/C14H12N2O/c17-14-12(8-7-10-4-3-9-15-10)11-5-1-2-6-13(11)16-14/h1-6,8-9,15H,7H2,(H,16,17)/b12-8-. The van der Waals surface area contributed by atoms with Crippen LogP contribution in [0.25, 0.3) is 5.57 Å². The Morgan fingerprint density at radius 3 is 2.82 bits per heavy atom. The molecular formula is C14H12N2O. The van der Waals surface area contributed by atoms with Crippen LogP contribution < -0.4 is 5.32 Å². The number of hydrogen-bond donors (Lipinski definition) is 2. The van der Waals surface area contributed by atoms with Gasteiger partial charge in [-0.1, -0.05) is 24.3 Å². The SMILES string of the molecule is O=C1Nc2ccccc2/C1=C/Cc1ccc[nH]1. The number of amides is 1. The topological polar surface area (TPSA) is 44.9 Å². The molecule has 3 rings (SSSR count). The Kier molecular flexibility index (Phi) is 2.29. The van der Waals surface area contributed by atoms with Gasteiger partial charge in [-0.05, 0) is 18.2 Å². The van der Waals surface area contributed by atoms with E-state index < -0.39 is 0 Å². The Bertz CT molecular complexity index is 582. The highest BCUT2D eigenvalue weighted by molar-refractivity contribution is 6.31. The van der Waals surface area contributed by atoms with Gasteiger partial charge in [-0.2, -0.15) is 0 Å². The van der Waals surface area contributed by atoms with E-state index in [0.29, 0.717) is 0 Å². The number of carbonyl (C=O) groups is 1. The molecule has 3 heteroatoms. The van der Waals surface area contributed by atoms with Crippen molar-refractivity contribution in [3.05, 3.63) is 59.9 Å². The maximum Gasteiger partial charge on any atom is 0.256 e. The molecule has 0 saturated heterocycles. The maximum atomic E-state index is 11.8. The van der Waals surface area contributed by atoms with Crippen molar-refractivity contribution in [2.75, 3.05) is 5.32 Å². The highest BCUT2D eigenvalue weighted by Crippen LogP contribution is 2.31. The van der Waals surface area contributed by atoms with Crippen LogP contribution in [0.4, 0.5) is 5.69 Å². The number of carbonyl (C=O) groups excluding carboxylic acids is 1. The Balaban J connectivity index is 1.93. The second-order valence-corrected chi connectivity index (χ2v) is 4.02. The molecule has 0 saturated carbocycles. The zero-order valence-electron chi connectivity index (χ0n) is 9.23. The molecule has 1 aromatic heterocycles. The summed E-state index contributed by atoms with van der Waals surface area (Å²) in [6.07, 6.45) is 4.59. The smallest absolute Gasteiger partial charge is 0.256 e. The van der Waals surface area contributed by atoms with Gasteiger partial charge in [0, 0.05) is 35.1 Å². The molecular weight excluding hydrogens is 212 g/mol. The van der Waals surface area contributed by atoms with Crippen molar-refractivity contribution in [1.82, 2.24) is 4.98 Å². The van der Waals surface area contributed by atoms with E-state index in [1.807, 2.05) is 48.7 Å². The van der Waals surface area contributed by atoms with E-state index >= 15 is 0 Å². The van der Waals surface area contributed by atoms with E-state index in [1.54, 1.807) is 0 Å². The van der Waals surface area contributed by atoms with E-state index in [2.05, 4.69) is 10.3 Å². The van der Waals surface area contributed by atoms with Crippen LogP contribution in [0.3, 0.4) is 0 Å². The summed E-state index contributed by atoms with van der Waals surface area (Å²) in [5.41, 5.74) is 3.75. The molecule has 0 atom stereocenters. The van der Waals surface area contributed by atoms with Crippen LogP contribution in [0.2, 0.25) is 0 Å². The summed E-state index contributed by atoms with van der Waals surface area (Å²) < 4.78 is 0. The summed E-state index contributed by atoms with van der Waals surface area (Å²) in [5.74, 6) is -0.0160. The number of hydrogen-bond acceptors (Lipinski definition) is 1. The molecule has 2 aromatic rings. The highest BCUT2D eigenvalue weighted by Gasteiger charge is 2.22. The monoisotopic (exact) mass is 224 g/mol. The van der Waals surface area contributed by atoms with Gasteiger partial charge in [-0.25, -0.2) is 0 Å². The molecule has 1 aliphatic heterocycles. The number of fused-ring (bicyclic) bond motifs is 1. The first kappa shape index (κ1) is 9.90. The lowest BCUT2D eigenvalue weighted by atomic mass is 10.1. The lowest BCUT2D eigenvalue weighted by Gasteiger charge is -1.96.